The zero-order chi connectivity index (χ0) is 21.7. The fourth-order valence-corrected chi connectivity index (χ4v) is 5.80. The molecule has 0 unspecified atom stereocenters. The van der Waals surface area contributed by atoms with Crippen molar-refractivity contribution >= 4 is 10.2 Å². The van der Waals surface area contributed by atoms with E-state index in [0.717, 1.165) is 31.2 Å². The fourth-order valence-electron chi connectivity index (χ4n) is 4.13. The second-order valence-electron chi connectivity index (χ2n) is 8.08. The molecular formula is C21H30N6O3S. The van der Waals surface area contributed by atoms with E-state index >= 15 is 0 Å². The maximum Gasteiger partial charge on any atom is 0.282 e. The normalized spacial score (nSPS) is 19.9. The van der Waals surface area contributed by atoms with Gasteiger partial charge in [-0.05, 0) is 31.0 Å². The first-order valence-electron chi connectivity index (χ1n) is 11.0. The van der Waals surface area contributed by atoms with Crippen LogP contribution in [-0.2, 0) is 16.8 Å². The van der Waals surface area contributed by atoms with Gasteiger partial charge >= 0.3 is 0 Å². The van der Waals surface area contributed by atoms with Gasteiger partial charge in [0.1, 0.15) is 0 Å². The second kappa shape index (κ2) is 9.99. The Hall–Kier alpha value is -2.14. The monoisotopic (exact) mass is 446 g/mol. The van der Waals surface area contributed by atoms with Crippen LogP contribution >= 0.6 is 0 Å². The SMILES string of the molecule is O=c1ccc(-c2cccnc2)nn1CCN1CCN(S(=O)(=O)N2CCCCCC2)CC1. The molecule has 0 aromatic carbocycles. The summed E-state index contributed by atoms with van der Waals surface area (Å²) in [4.78, 5) is 18.5. The predicted molar refractivity (Wildman–Crippen MR) is 119 cm³/mol. The lowest BCUT2D eigenvalue weighted by Crippen LogP contribution is -2.53. The van der Waals surface area contributed by atoms with E-state index in [2.05, 4.69) is 15.0 Å². The topological polar surface area (TPSA) is 91.6 Å². The molecule has 0 spiro atoms. The first-order chi connectivity index (χ1) is 15.0. The molecule has 31 heavy (non-hydrogen) atoms. The van der Waals surface area contributed by atoms with Crippen LogP contribution in [0.1, 0.15) is 25.7 Å². The van der Waals surface area contributed by atoms with E-state index in [0.29, 0.717) is 58.1 Å². The lowest BCUT2D eigenvalue weighted by Gasteiger charge is -2.36. The Morgan fingerprint density at radius 3 is 2.23 bits per heavy atom. The number of hydrogen-bond acceptors (Lipinski definition) is 6. The third-order valence-electron chi connectivity index (χ3n) is 6.00. The molecule has 4 rings (SSSR count). The summed E-state index contributed by atoms with van der Waals surface area (Å²) in [5, 5.41) is 4.48. The van der Waals surface area contributed by atoms with E-state index in [-0.39, 0.29) is 5.56 Å². The number of nitrogens with zero attached hydrogens (tertiary/aromatic N) is 6. The first kappa shape index (κ1) is 22.1. The van der Waals surface area contributed by atoms with E-state index < -0.39 is 10.2 Å². The van der Waals surface area contributed by atoms with Crippen molar-refractivity contribution in [1.82, 2.24) is 28.3 Å². The van der Waals surface area contributed by atoms with Crippen LogP contribution in [0, 0.1) is 0 Å². The van der Waals surface area contributed by atoms with Gasteiger partial charge in [-0.1, -0.05) is 12.8 Å². The van der Waals surface area contributed by atoms with Gasteiger partial charge in [0.15, 0.2) is 0 Å². The molecule has 9 nitrogen and oxygen atoms in total. The van der Waals surface area contributed by atoms with Crippen LogP contribution in [0.3, 0.4) is 0 Å². The van der Waals surface area contributed by atoms with Crippen LogP contribution in [0.4, 0.5) is 0 Å². The van der Waals surface area contributed by atoms with Crippen LogP contribution < -0.4 is 5.56 Å². The van der Waals surface area contributed by atoms with Crippen molar-refractivity contribution in [3.8, 4) is 11.3 Å². The molecule has 0 amide bonds. The zero-order valence-corrected chi connectivity index (χ0v) is 18.6. The average Bonchev–Trinajstić information content (AvgIpc) is 3.10. The van der Waals surface area contributed by atoms with Gasteiger partial charge in [0.05, 0.1) is 12.2 Å². The quantitative estimate of drug-likeness (QED) is 0.659. The van der Waals surface area contributed by atoms with Gasteiger partial charge in [-0.3, -0.25) is 14.7 Å². The van der Waals surface area contributed by atoms with E-state index in [1.165, 1.54) is 10.7 Å². The molecular weight excluding hydrogens is 416 g/mol. The summed E-state index contributed by atoms with van der Waals surface area (Å²) in [6, 6.07) is 6.99. The van der Waals surface area contributed by atoms with Crippen molar-refractivity contribution in [3.05, 3.63) is 47.0 Å². The molecule has 0 radical (unpaired) electrons. The van der Waals surface area contributed by atoms with Crippen LogP contribution in [0.5, 0.6) is 0 Å². The lowest BCUT2D eigenvalue weighted by molar-refractivity contribution is 0.174. The van der Waals surface area contributed by atoms with E-state index in [1.807, 2.05) is 12.1 Å². The molecule has 168 valence electrons. The summed E-state index contributed by atoms with van der Waals surface area (Å²) in [6.45, 7) is 4.66. The number of aromatic nitrogens is 3. The Morgan fingerprint density at radius 1 is 0.839 bits per heavy atom. The highest BCUT2D eigenvalue weighted by molar-refractivity contribution is 7.86. The maximum absolute atomic E-state index is 13.0. The van der Waals surface area contributed by atoms with E-state index in [1.54, 1.807) is 27.1 Å². The van der Waals surface area contributed by atoms with Gasteiger partial charge in [0, 0.05) is 69.8 Å². The molecule has 0 aliphatic carbocycles. The van der Waals surface area contributed by atoms with Crippen molar-refractivity contribution in [1.29, 1.82) is 0 Å². The molecule has 2 aromatic heterocycles. The maximum atomic E-state index is 13.0. The highest BCUT2D eigenvalue weighted by Gasteiger charge is 2.32. The van der Waals surface area contributed by atoms with Crippen molar-refractivity contribution in [3.63, 3.8) is 0 Å². The minimum Gasteiger partial charge on any atom is -0.299 e. The highest BCUT2D eigenvalue weighted by atomic mass is 32.2. The summed E-state index contributed by atoms with van der Waals surface area (Å²) in [6.07, 6.45) is 7.52. The summed E-state index contributed by atoms with van der Waals surface area (Å²) in [7, 11) is -3.38. The van der Waals surface area contributed by atoms with E-state index in [9.17, 15) is 13.2 Å². The fraction of sp³-hybridized carbons (Fsp3) is 0.571. The predicted octanol–water partition coefficient (Wildman–Crippen LogP) is 1.04. The third-order valence-corrected chi connectivity index (χ3v) is 8.04. The lowest BCUT2D eigenvalue weighted by atomic mass is 10.2. The van der Waals surface area contributed by atoms with Crippen molar-refractivity contribution in [2.24, 2.45) is 0 Å². The molecule has 2 aliphatic heterocycles. The number of piperazine rings is 1. The van der Waals surface area contributed by atoms with Gasteiger partial charge < -0.3 is 0 Å². The minimum absolute atomic E-state index is 0.144. The molecule has 4 heterocycles. The molecule has 0 N–H and O–H groups in total. The Kier molecular flexibility index (Phi) is 7.11. The standard InChI is InChI=1S/C21H30N6O3S/c28-21-8-7-20(19-6-5-9-22-18-19)23-27(21)17-14-24-12-15-26(16-13-24)31(29,30)25-10-3-1-2-4-11-25/h5-9,18H,1-4,10-17H2. The van der Waals surface area contributed by atoms with Gasteiger partial charge in [-0.15, -0.1) is 0 Å². The van der Waals surface area contributed by atoms with E-state index in [4.69, 9.17) is 0 Å². The first-order valence-corrected chi connectivity index (χ1v) is 12.4. The van der Waals surface area contributed by atoms with Gasteiger partial charge in [0.25, 0.3) is 15.8 Å². The summed E-state index contributed by atoms with van der Waals surface area (Å²) < 4.78 is 30.7. The molecule has 2 aromatic rings. The van der Waals surface area contributed by atoms with Crippen LogP contribution in [0.2, 0.25) is 0 Å². The summed E-state index contributed by atoms with van der Waals surface area (Å²) in [5.41, 5.74) is 1.43. The smallest absolute Gasteiger partial charge is 0.282 e. The highest BCUT2D eigenvalue weighted by Crippen LogP contribution is 2.18. The average molecular weight is 447 g/mol. The van der Waals surface area contributed by atoms with Crippen molar-refractivity contribution in [2.75, 3.05) is 45.8 Å². The largest absolute Gasteiger partial charge is 0.299 e. The van der Waals surface area contributed by atoms with Crippen molar-refractivity contribution < 1.29 is 8.42 Å². The van der Waals surface area contributed by atoms with Crippen molar-refractivity contribution in [2.45, 2.75) is 32.2 Å². The summed E-state index contributed by atoms with van der Waals surface area (Å²) >= 11 is 0. The molecule has 2 fully saturated rings. The minimum atomic E-state index is -3.38. The second-order valence-corrected chi connectivity index (χ2v) is 10.0. The molecule has 0 atom stereocenters. The number of rotatable bonds is 6. The summed E-state index contributed by atoms with van der Waals surface area (Å²) in [5.74, 6) is 0. The van der Waals surface area contributed by atoms with Gasteiger partial charge in [-0.25, -0.2) is 4.68 Å². The Bertz CT molecular complexity index is 1010. The number of hydrogen-bond donors (Lipinski definition) is 0. The van der Waals surface area contributed by atoms with Gasteiger partial charge in [-0.2, -0.15) is 22.1 Å². The zero-order valence-electron chi connectivity index (χ0n) is 17.8. The molecule has 10 heteroatoms. The molecule has 0 bridgehead atoms. The van der Waals surface area contributed by atoms with Crippen LogP contribution in [-0.4, -0.2) is 82.5 Å². The number of pyridine rings is 1. The van der Waals surface area contributed by atoms with Crippen LogP contribution in [0.15, 0.2) is 41.5 Å². The Labute approximate surface area is 183 Å². The van der Waals surface area contributed by atoms with Gasteiger partial charge in [0.2, 0.25) is 0 Å². The molecule has 2 saturated heterocycles. The van der Waals surface area contributed by atoms with Crippen LogP contribution in [0.25, 0.3) is 11.3 Å². The Morgan fingerprint density at radius 2 is 1.55 bits per heavy atom. The third kappa shape index (κ3) is 5.38. The molecule has 2 aliphatic rings. The molecule has 0 saturated carbocycles. The Balaban J connectivity index is 1.33.